The van der Waals surface area contributed by atoms with E-state index in [0.717, 1.165) is 24.8 Å². The second kappa shape index (κ2) is 3.00. The summed E-state index contributed by atoms with van der Waals surface area (Å²) in [5, 5.41) is 0. The molecule has 1 aliphatic carbocycles. The zero-order valence-electron chi connectivity index (χ0n) is 6.68. The first kappa shape index (κ1) is 7.52. The quantitative estimate of drug-likeness (QED) is 0.543. The van der Waals surface area contributed by atoms with Crippen molar-refractivity contribution in [1.29, 1.82) is 0 Å². The van der Waals surface area contributed by atoms with Crippen LogP contribution >= 0.6 is 0 Å². The van der Waals surface area contributed by atoms with Gasteiger partial charge in [0.05, 0.1) is 0 Å². The van der Waals surface area contributed by atoms with Gasteiger partial charge in [0.2, 0.25) is 0 Å². The molecule has 0 bridgehead atoms. The summed E-state index contributed by atoms with van der Waals surface area (Å²) < 4.78 is 0. The van der Waals surface area contributed by atoms with Crippen LogP contribution in [0.25, 0.3) is 0 Å². The summed E-state index contributed by atoms with van der Waals surface area (Å²) >= 11 is 0. The van der Waals surface area contributed by atoms with Crippen molar-refractivity contribution in [2.75, 3.05) is 0 Å². The highest BCUT2D eigenvalue weighted by molar-refractivity contribution is 5.95. The first-order valence-electron chi connectivity index (χ1n) is 3.98. The van der Waals surface area contributed by atoms with Crippen molar-refractivity contribution in [3.63, 3.8) is 0 Å². The summed E-state index contributed by atoms with van der Waals surface area (Å²) in [4.78, 5) is 11.1. The van der Waals surface area contributed by atoms with Crippen LogP contribution in [0.15, 0.2) is 11.6 Å². The molecule has 56 valence electrons. The van der Waals surface area contributed by atoms with Gasteiger partial charge in [0.15, 0.2) is 5.78 Å². The van der Waals surface area contributed by atoms with Crippen LogP contribution in [0.1, 0.15) is 33.1 Å². The Morgan fingerprint density at radius 2 is 2.40 bits per heavy atom. The maximum atomic E-state index is 11.1. The monoisotopic (exact) mass is 138 g/mol. The van der Waals surface area contributed by atoms with E-state index in [-0.39, 0.29) is 0 Å². The summed E-state index contributed by atoms with van der Waals surface area (Å²) in [5.74, 6) is 0.980. The zero-order chi connectivity index (χ0) is 7.56. The molecule has 0 fully saturated rings. The molecular weight excluding hydrogens is 124 g/mol. The molecule has 0 aromatic rings. The minimum Gasteiger partial charge on any atom is -0.295 e. The number of hydrogen-bond acceptors (Lipinski definition) is 1. The molecular formula is C9H14O. The Hall–Kier alpha value is -0.590. The maximum Gasteiger partial charge on any atom is 0.158 e. The molecule has 1 heteroatoms. The fraction of sp³-hybridized carbons (Fsp3) is 0.667. The van der Waals surface area contributed by atoms with Crippen LogP contribution in [0.2, 0.25) is 0 Å². The molecule has 0 aromatic heterocycles. The molecule has 0 N–H and O–H groups in total. The third-order valence-electron chi connectivity index (χ3n) is 2.05. The highest BCUT2D eigenvalue weighted by Gasteiger charge is 2.15. The Labute approximate surface area is 62.1 Å². The van der Waals surface area contributed by atoms with Gasteiger partial charge in [0.1, 0.15) is 0 Å². The number of ketones is 1. The lowest BCUT2D eigenvalue weighted by atomic mass is 9.90. The maximum absolute atomic E-state index is 11.1. The van der Waals surface area contributed by atoms with Crippen molar-refractivity contribution < 1.29 is 4.79 Å². The van der Waals surface area contributed by atoms with Gasteiger partial charge in [-0.05, 0) is 24.3 Å². The van der Waals surface area contributed by atoms with Crippen LogP contribution in [-0.4, -0.2) is 5.78 Å². The highest BCUT2D eigenvalue weighted by atomic mass is 16.1. The number of carbonyl (C=O) groups excluding carboxylic acids is 1. The molecule has 0 aliphatic heterocycles. The van der Waals surface area contributed by atoms with Crippen LogP contribution in [0.4, 0.5) is 0 Å². The number of rotatable bonds is 1. The molecule has 10 heavy (non-hydrogen) atoms. The van der Waals surface area contributed by atoms with Gasteiger partial charge >= 0.3 is 0 Å². The molecule has 0 heterocycles. The van der Waals surface area contributed by atoms with E-state index < -0.39 is 0 Å². The van der Waals surface area contributed by atoms with E-state index in [2.05, 4.69) is 13.0 Å². The Balaban J connectivity index is 2.72. The fourth-order valence-electron chi connectivity index (χ4n) is 1.35. The molecule has 1 aliphatic rings. The predicted octanol–water partition coefficient (Wildman–Crippen LogP) is 2.32. The van der Waals surface area contributed by atoms with E-state index in [1.807, 2.05) is 6.92 Å². The van der Waals surface area contributed by atoms with Crippen LogP contribution < -0.4 is 0 Å². The normalized spacial score (nSPS) is 26.4. The Bertz CT molecular complexity index is 168. The second-order valence-electron chi connectivity index (χ2n) is 2.98. The van der Waals surface area contributed by atoms with Gasteiger partial charge in [-0.25, -0.2) is 0 Å². The Kier molecular flexibility index (Phi) is 2.25. The third kappa shape index (κ3) is 1.47. The fourth-order valence-corrected chi connectivity index (χ4v) is 1.35. The van der Waals surface area contributed by atoms with Gasteiger partial charge in [-0.1, -0.05) is 19.9 Å². The van der Waals surface area contributed by atoms with E-state index in [0.29, 0.717) is 11.7 Å². The minimum absolute atomic E-state index is 0.362. The first-order chi connectivity index (χ1) is 4.74. The molecule has 0 radical (unpaired) electrons. The summed E-state index contributed by atoms with van der Waals surface area (Å²) in [6.45, 7) is 4.21. The summed E-state index contributed by atoms with van der Waals surface area (Å²) in [7, 11) is 0. The number of Topliss-reactive ketones (excluding diaryl/α,β-unsaturated/α-hetero) is 1. The average molecular weight is 138 g/mol. The molecule has 1 unspecified atom stereocenters. The van der Waals surface area contributed by atoms with Crippen LogP contribution in [0, 0.1) is 5.92 Å². The molecule has 0 amide bonds. The lowest BCUT2D eigenvalue weighted by Gasteiger charge is -2.14. The van der Waals surface area contributed by atoms with Crippen molar-refractivity contribution in [3.8, 4) is 0 Å². The standard InChI is InChI=1S/C9H14O/c1-3-8-6-7(2)4-5-9(8)10/h6-7H,3-5H2,1-2H3. The Morgan fingerprint density at radius 3 is 2.90 bits per heavy atom. The SMILES string of the molecule is CCC1=CC(C)CCC1=O. The minimum atomic E-state index is 0.362. The van der Waals surface area contributed by atoms with E-state index in [1.54, 1.807) is 0 Å². The molecule has 1 rings (SSSR count). The van der Waals surface area contributed by atoms with Crippen LogP contribution in [0.3, 0.4) is 0 Å². The van der Waals surface area contributed by atoms with Crippen molar-refractivity contribution in [3.05, 3.63) is 11.6 Å². The number of carbonyl (C=O) groups is 1. The van der Waals surface area contributed by atoms with Crippen LogP contribution in [0.5, 0.6) is 0 Å². The molecule has 1 nitrogen and oxygen atoms in total. The molecule has 1 atom stereocenters. The Morgan fingerprint density at radius 1 is 1.70 bits per heavy atom. The van der Waals surface area contributed by atoms with Gasteiger partial charge in [0, 0.05) is 6.42 Å². The lowest BCUT2D eigenvalue weighted by molar-refractivity contribution is -0.116. The average Bonchev–Trinajstić information content (AvgIpc) is 1.94. The summed E-state index contributed by atoms with van der Waals surface area (Å²) in [5.41, 5.74) is 1.04. The van der Waals surface area contributed by atoms with Gasteiger partial charge in [0.25, 0.3) is 0 Å². The van der Waals surface area contributed by atoms with Crippen molar-refractivity contribution >= 4 is 5.78 Å². The number of allylic oxidation sites excluding steroid dienone is 2. The van der Waals surface area contributed by atoms with Crippen LogP contribution in [-0.2, 0) is 4.79 Å². The van der Waals surface area contributed by atoms with Gasteiger partial charge in [-0.2, -0.15) is 0 Å². The zero-order valence-corrected chi connectivity index (χ0v) is 6.68. The first-order valence-corrected chi connectivity index (χ1v) is 3.98. The third-order valence-corrected chi connectivity index (χ3v) is 2.05. The smallest absolute Gasteiger partial charge is 0.158 e. The second-order valence-corrected chi connectivity index (χ2v) is 2.98. The molecule has 0 aromatic carbocycles. The summed E-state index contributed by atoms with van der Waals surface area (Å²) in [6, 6.07) is 0. The molecule has 0 saturated heterocycles. The topological polar surface area (TPSA) is 17.1 Å². The number of hydrogen-bond donors (Lipinski definition) is 0. The van der Waals surface area contributed by atoms with Crippen molar-refractivity contribution in [1.82, 2.24) is 0 Å². The largest absolute Gasteiger partial charge is 0.295 e. The predicted molar refractivity (Wildman–Crippen MR) is 41.8 cm³/mol. The van der Waals surface area contributed by atoms with E-state index in [1.165, 1.54) is 0 Å². The van der Waals surface area contributed by atoms with E-state index in [9.17, 15) is 4.79 Å². The van der Waals surface area contributed by atoms with E-state index >= 15 is 0 Å². The highest BCUT2D eigenvalue weighted by Crippen LogP contribution is 2.20. The van der Waals surface area contributed by atoms with Gasteiger partial charge < -0.3 is 0 Å². The van der Waals surface area contributed by atoms with E-state index in [4.69, 9.17) is 0 Å². The van der Waals surface area contributed by atoms with Crippen molar-refractivity contribution in [2.45, 2.75) is 33.1 Å². The van der Waals surface area contributed by atoms with Gasteiger partial charge in [-0.15, -0.1) is 0 Å². The lowest BCUT2D eigenvalue weighted by Crippen LogP contribution is -2.11. The van der Waals surface area contributed by atoms with Crippen molar-refractivity contribution in [2.24, 2.45) is 5.92 Å². The molecule has 0 spiro atoms. The molecule has 0 saturated carbocycles. The summed E-state index contributed by atoms with van der Waals surface area (Å²) in [6.07, 6.45) is 4.83. The van der Waals surface area contributed by atoms with Gasteiger partial charge in [-0.3, -0.25) is 4.79 Å².